The van der Waals surface area contributed by atoms with Gasteiger partial charge in [0.05, 0.1) is 17.6 Å². The maximum Gasteiger partial charge on any atom is 0.243 e. The van der Waals surface area contributed by atoms with Crippen LogP contribution in [0.2, 0.25) is 0 Å². The molecule has 1 rings (SSSR count). The quantitative estimate of drug-likeness (QED) is 0.758. The Balaban J connectivity index is 3.23. The molecule has 1 atom stereocenters. The molecule has 0 bridgehead atoms. The standard InChI is InChI=1S/C14H24N2O4S/c1-9-6-10(2)14(11(3)13(9)15)21(18,19)16(4)7-12(17)8-20-5/h6,12,17H,7-8,15H2,1-5H3. The van der Waals surface area contributed by atoms with Gasteiger partial charge in [0.1, 0.15) is 0 Å². The first-order chi connectivity index (χ1) is 9.62. The van der Waals surface area contributed by atoms with Crippen LogP contribution < -0.4 is 5.73 Å². The molecule has 21 heavy (non-hydrogen) atoms. The van der Waals surface area contributed by atoms with Gasteiger partial charge in [-0.05, 0) is 37.5 Å². The SMILES string of the molecule is COCC(O)CN(C)S(=O)(=O)c1c(C)cc(C)c(N)c1C. The van der Waals surface area contributed by atoms with Crippen LogP contribution in [0.15, 0.2) is 11.0 Å². The summed E-state index contributed by atoms with van der Waals surface area (Å²) in [5.41, 5.74) is 8.46. The molecule has 0 heterocycles. The van der Waals surface area contributed by atoms with Gasteiger partial charge in [-0.1, -0.05) is 6.07 Å². The molecule has 0 aliphatic carbocycles. The van der Waals surface area contributed by atoms with Crippen molar-refractivity contribution in [2.75, 3.05) is 33.0 Å². The van der Waals surface area contributed by atoms with Crippen molar-refractivity contribution in [3.8, 4) is 0 Å². The highest BCUT2D eigenvalue weighted by molar-refractivity contribution is 7.89. The summed E-state index contributed by atoms with van der Waals surface area (Å²) < 4.78 is 31.3. The van der Waals surface area contributed by atoms with Gasteiger partial charge in [0, 0.05) is 26.4 Å². The fraction of sp³-hybridized carbons (Fsp3) is 0.571. The molecular formula is C14H24N2O4S. The van der Waals surface area contributed by atoms with Crippen LogP contribution in [0, 0.1) is 20.8 Å². The van der Waals surface area contributed by atoms with E-state index in [2.05, 4.69) is 0 Å². The van der Waals surface area contributed by atoms with E-state index in [0.29, 0.717) is 16.8 Å². The van der Waals surface area contributed by atoms with Gasteiger partial charge in [0.2, 0.25) is 10.0 Å². The molecule has 0 aromatic heterocycles. The minimum atomic E-state index is -3.72. The lowest BCUT2D eigenvalue weighted by molar-refractivity contribution is 0.0554. The number of rotatable bonds is 6. The van der Waals surface area contributed by atoms with Gasteiger partial charge in [-0.2, -0.15) is 4.31 Å². The Labute approximate surface area is 126 Å². The maximum atomic E-state index is 12.7. The number of benzene rings is 1. The van der Waals surface area contributed by atoms with Gasteiger partial charge in [0.25, 0.3) is 0 Å². The van der Waals surface area contributed by atoms with Crippen LogP contribution in [0.3, 0.4) is 0 Å². The van der Waals surface area contributed by atoms with Crippen molar-refractivity contribution in [1.29, 1.82) is 0 Å². The lowest BCUT2D eigenvalue weighted by atomic mass is 10.1. The molecule has 1 aromatic carbocycles. The highest BCUT2D eigenvalue weighted by atomic mass is 32.2. The van der Waals surface area contributed by atoms with E-state index in [0.717, 1.165) is 9.87 Å². The number of hydrogen-bond acceptors (Lipinski definition) is 5. The third kappa shape index (κ3) is 3.74. The minimum Gasteiger partial charge on any atom is -0.398 e. The number of ether oxygens (including phenoxy) is 1. The highest BCUT2D eigenvalue weighted by Gasteiger charge is 2.27. The van der Waals surface area contributed by atoms with Crippen molar-refractivity contribution in [2.24, 2.45) is 0 Å². The van der Waals surface area contributed by atoms with Crippen molar-refractivity contribution >= 4 is 15.7 Å². The predicted molar refractivity (Wildman–Crippen MR) is 82.8 cm³/mol. The zero-order chi connectivity index (χ0) is 16.4. The number of methoxy groups -OCH3 is 1. The van der Waals surface area contributed by atoms with E-state index >= 15 is 0 Å². The number of nitrogens with zero attached hydrogens (tertiary/aromatic N) is 1. The number of anilines is 1. The van der Waals surface area contributed by atoms with Crippen molar-refractivity contribution < 1.29 is 18.3 Å². The van der Waals surface area contributed by atoms with E-state index in [1.54, 1.807) is 19.9 Å². The lowest BCUT2D eigenvalue weighted by Gasteiger charge is -2.23. The summed E-state index contributed by atoms with van der Waals surface area (Å²) in [6.07, 6.45) is -0.877. The first kappa shape index (κ1) is 17.9. The van der Waals surface area contributed by atoms with Crippen LogP contribution in [0.5, 0.6) is 0 Å². The summed E-state index contributed by atoms with van der Waals surface area (Å²) in [5, 5.41) is 9.71. The van der Waals surface area contributed by atoms with E-state index in [1.807, 2.05) is 6.92 Å². The third-order valence-electron chi connectivity index (χ3n) is 3.46. The average Bonchev–Trinajstić information content (AvgIpc) is 2.35. The number of nitrogens with two attached hydrogens (primary N) is 1. The van der Waals surface area contributed by atoms with E-state index in [4.69, 9.17) is 10.5 Å². The zero-order valence-electron chi connectivity index (χ0n) is 13.2. The second-order valence-corrected chi connectivity index (χ2v) is 7.25. The Morgan fingerprint density at radius 2 is 1.90 bits per heavy atom. The van der Waals surface area contributed by atoms with E-state index in [9.17, 15) is 13.5 Å². The molecule has 1 aromatic rings. The molecule has 0 saturated carbocycles. The zero-order valence-corrected chi connectivity index (χ0v) is 14.0. The number of sulfonamides is 1. The fourth-order valence-corrected chi connectivity index (χ4v) is 4.02. The largest absolute Gasteiger partial charge is 0.398 e. The van der Waals surface area contributed by atoms with E-state index in [-0.39, 0.29) is 18.0 Å². The lowest BCUT2D eigenvalue weighted by Crippen LogP contribution is -2.36. The highest BCUT2D eigenvalue weighted by Crippen LogP contribution is 2.29. The van der Waals surface area contributed by atoms with Gasteiger partial charge < -0.3 is 15.6 Å². The van der Waals surface area contributed by atoms with Crippen molar-refractivity contribution in [1.82, 2.24) is 4.31 Å². The molecule has 0 spiro atoms. The van der Waals surface area contributed by atoms with Crippen LogP contribution >= 0.6 is 0 Å². The average molecular weight is 316 g/mol. The van der Waals surface area contributed by atoms with Crippen LogP contribution in [0.4, 0.5) is 5.69 Å². The summed E-state index contributed by atoms with van der Waals surface area (Å²) in [7, 11) is -0.830. The van der Waals surface area contributed by atoms with Gasteiger partial charge in [-0.3, -0.25) is 0 Å². The number of aliphatic hydroxyl groups is 1. The summed E-state index contributed by atoms with van der Waals surface area (Å²) in [4.78, 5) is 0.206. The summed E-state index contributed by atoms with van der Waals surface area (Å²) >= 11 is 0. The normalized spacial score (nSPS) is 13.7. The smallest absolute Gasteiger partial charge is 0.243 e. The molecule has 0 saturated heterocycles. The Bertz CT molecular complexity index is 614. The Kier molecular flexibility index (Phi) is 5.75. The van der Waals surface area contributed by atoms with Crippen LogP contribution in [-0.2, 0) is 14.8 Å². The molecule has 6 nitrogen and oxygen atoms in total. The predicted octanol–water partition coefficient (Wildman–Crippen LogP) is 0.822. The first-order valence-corrected chi connectivity index (χ1v) is 8.06. The number of nitrogen functional groups attached to an aromatic ring is 1. The number of likely N-dealkylation sites (N-methyl/N-ethyl adjacent to an activating group) is 1. The van der Waals surface area contributed by atoms with Crippen molar-refractivity contribution in [2.45, 2.75) is 31.8 Å². The fourth-order valence-electron chi connectivity index (χ4n) is 2.37. The molecule has 0 aliphatic rings. The molecule has 0 amide bonds. The molecule has 0 fully saturated rings. The summed E-state index contributed by atoms with van der Waals surface area (Å²) in [5.74, 6) is 0. The Hall–Kier alpha value is -1.15. The van der Waals surface area contributed by atoms with Crippen LogP contribution in [0.1, 0.15) is 16.7 Å². The number of hydrogen-bond donors (Lipinski definition) is 2. The molecular weight excluding hydrogens is 292 g/mol. The summed E-state index contributed by atoms with van der Waals surface area (Å²) in [6, 6.07) is 1.76. The second-order valence-electron chi connectivity index (χ2n) is 5.27. The molecule has 0 radical (unpaired) electrons. The first-order valence-electron chi connectivity index (χ1n) is 6.62. The van der Waals surface area contributed by atoms with E-state index < -0.39 is 16.1 Å². The van der Waals surface area contributed by atoms with Crippen molar-refractivity contribution in [3.05, 3.63) is 22.8 Å². The third-order valence-corrected chi connectivity index (χ3v) is 5.57. The van der Waals surface area contributed by atoms with Gasteiger partial charge in [-0.25, -0.2) is 8.42 Å². The number of aryl methyl sites for hydroxylation is 2. The van der Waals surface area contributed by atoms with Crippen molar-refractivity contribution in [3.63, 3.8) is 0 Å². The van der Waals surface area contributed by atoms with Crippen LogP contribution in [-0.4, -0.2) is 51.2 Å². The van der Waals surface area contributed by atoms with E-state index in [1.165, 1.54) is 14.2 Å². The minimum absolute atomic E-state index is 0.0389. The molecule has 3 N–H and O–H groups in total. The van der Waals surface area contributed by atoms with Gasteiger partial charge >= 0.3 is 0 Å². The molecule has 0 aliphatic heterocycles. The van der Waals surface area contributed by atoms with Crippen LogP contribution in [0.25, 0.3) is 0 Å². The van der Waals surface area contributed by atoms with Gasteiger partial charge in [0.15, 0.2) is 0 Å². The summed E-state index contributed by atoms with van der Waals surface area (Å²) in [6.45, 7) is 5.32. The number of aliphatic hydroxyl groups excluding tert-OH is 1. The molecule has 7 heteroatoms. The Morgan fingerprint density at radius 3 is 2.43 bits per heavy atom. The Morgan fingerprint density at radius 1 is 1.33 bits per heavy atom. The van der Waals surface area contributed by atoms with Gasteiger partial charge in [-0.15, -0.1) is 0 Å². The monoisotopic (exact) mass is 316 g/mol. The maximum absolute atomic E-state index is 12.7. The molecule has 120 valence electrons. The molecule has 1 unspecified atom stereocenters. The second kappa shape index (κ2) is 6.74. The topological polar surface area (TPSA) is 92.9 Å².